The highest BCUT2D eigenvalue weighted by Gasteiger charge is 2.06. The molecule has 1 aromatic carbocycles. The van der Waals surface area contributed by atoms with Crippen molar-refractivity contribution in [3.63, 3.8) is 0 Å². The molecular weight excluding hydrogens is 234 g/mol. The summed E-state index contributed by atoms with van der Waals surface area (Å²) in [6, 6.07) is 8.59. The minimum atomic E-state index is 0.321. The molecule has 1 atom stereocenters. The van der Waals surface area contributed by atoms with E-state index < -0.39 is 0 Å². The van der Waals surface area contributed by atoms with Crippen LogP contribution in [0.2, 0.25) is 5.02 Å². The molecule has 0 aliphatic heterocycles. The summed E-state index contributed by atoms with van der Waals surface area (Å²) >= 11 is 6.01. The molecule has 1 unspecified atom stereocenters. The number of aromatic nitrogens is 2. The van der Waals surface area contributed by atoms with Gasteiger partial charge in [-0.1, -0.05) is 23.7 Å². The van der Waals surface area contributed by atoms with E-state index in [0.29, 0.717) is 11.1 Å². The van der Waals surface area contributed by atoms with Crippen LogP contribution in [0.1, 0.15) is 24.2 Å². The van der Waals surface area contributed by atoms with Crippen molar-refractivity contribution in [1.82, 2.24) is 15.1 Å². The number of halogens is 1. The van der Waals surface area contributed by atoms with Crippen molar-refractivity contribution in [2.45, 2.75) is 19.9 Å². The van der Waals surface area contributed by atoms with Gasteiger partial charge in [-0.05, 0) is 38.6 Å². The molecule has 2 rings (SSSR count). The summed E-state index contributed by atoms with van der Waals surface area (Å²) in [5.74, 6) is 0. The summed E-state index contributed by atoms with van der Waals surface area (Å²) in [7, 11) is 1.95. The summed E-state index contributed by atoms with van der Waals surface area (Å²) in [5.41, 5.74) is 3.10. The van der Waals surface area contributed by atoms with Gasteiger partial charge in [0.1, 0.15) is 0 Å². The number of nitrogens with one attached hydrogen (secondary N) is 1. The Morgan fingerprint density at radius 1 is 1.41 bits per heavy atom. The fraction of sp³-hybridized carbons (Fsp3) is 0.308. The number of nitrogens with zero attached hydrogens (tertiary/aromatic N) is 2. The first-order valence-corrected chi connectivity index (χ1v) is 5.99. The third kappa shape index (κ3) is 2.51. The highest BCUT2D eigenvalue weighted by molar-refractivity contribution is 6.31. The van der Waals surface area contributed by atoms with Gasteiger partial charge in [-0.3, -0.25) is 0 Å². The minimum absolute atomic E-state index is 0.321. The zero-order valence-electron chi connectivity index (χ0n) is 10.2. The van der Waals surface area contributed by atoms with E-state index in [0.717, 1.165) is 11.4 Å². The smallest absolute Gasteiger partial charge is 0.0819 e. The Labute approximate surface area is 106 Å². The molecule has 0 aliphatic rings. The lowest BCUT2D eigenvalue weighted by molar-refractivity contribution is 0.651. The molecule has 1 N–H and O–H groups in total. The van der Waals surface area contributed by atoms with Gasteiger partial charge in [0.25, 0.3) is 0 Å². The van der Waals surface area contributed by atoms with Crippen LogP contribution in [-0.2, 0) is 0 Å². The van der Waals surface area contributed by atoms with Gasteiger partial charge in [-0.2, -0.15) is 5.10 Å². The highest BCUT2D eigenvalue weighted by atomic mass is 35.5. The third-order valence-corrected chi connectivity index (χ3v) is 3.28. The topological polar surface area (TPSA) is 29.9 Å². The summed E-state index contributed by atoms with van der Waals surface area (Å²) in [6.07, 6.45) is 1.83. The van der Waals surface area contributed by atoms with Crippen LogP contribution in [0.5, 0.6) is 0 Å². The zero-order valence-corrected chi connectivity index (χ0v) is 11.0. The van der Waals surface area contributed by atoms with Crippen molar-refractivity contribution >= 4 is 11.6 Å². The Balaban J connectivity index is 2.39. The van der Waals surface area contributed by atoms with Crippen molar-refractivity contribution in [3.8, 4) is 5.69 Å². The zero-order chi connectivity index (χ0) is 12.4. The maximum atomic E-state index is 6.01. The Hall–Kier alpha value is -1.32. The maximum Gasteiger partial charge on any atom is 0.0819 e. The largest absolute Gasteiger partial charge is 0.313 e. The lowest BCUT2D eigenvalue weighted by Crippen LogP contribution is -2.12. The van der Waals surface area contributed by atoms with Crippen LogP contribution in [0.25, 0.3) is 5.69 Å². The van der Waals surface area contributed by atoms with Crippen LogP contribution in [-0.4, -0.2) is 16.8 Å². The normalized spacial score (nSPS) is 12.7. The predicted molar refractivity (Wildman–Crippen MR) is 70.8 cm³/mol. The van der Waals surface area contributed by atoms with Crippen molar-refractivity contribution < 1.29 is 0 Å². The molecule has 2 aromatic rings. The van der Waals surface area contributed by atoms with Crippen molar-refractivity contribution in [3.05, 3.63) is 46.7 Å². The van der Waals surface area contributed by atoms with E-state index in [9.17, 15) is 0 Å². The van der Waals surface area contributed by atoms with Crippen molar-refractivity contribution in [2.24, 2.45) is 0 Å². The van der Waals surface area contributed by atoms with Crippen LogP contribution in [0.3, 0.4) is 0 Å². The SMILES string of the molecule is CNC(C)c1cccc(-n2cc(Cl)c(C)n2)c1. The highest BCUT2D eigenvalue weighted by Crippen LogP contribution is 2.19. The van der Waals surface area contributed by atoms with Gasteiger partial charge in [-0.15, -0.1) is 0 Å². The molecule has 17 heavy (non-hydrogen) atoms. The van der Waals surface area contributed by atoms with E-state index in [1.807, 2.05) is 37.0 Å². The van der Waals surface area contributed by atoms with Crippen LogP contribution in [0.15, 0.2) is 30.5 Å². The molecule has 0 fully saturated rings. The quantitative estimate of drug-likeness (QED) is 0.906. The summed E-state index contributed by atoms with van der Waals surface area (Å²) in [6.45, 7) is 4.03. The summed E-state index contributed by atoms with van der Waals surface area (Å²) in [5, 5.41) is 8.28. The van der Waals surface area contributed by atoms with Gasteiger partial charge in [0.05, 0.1) is 16.4 Å². The predicted octanol–water partition coefficient (Wildman–Crippen LogP) is 3.11. The monoisotopic (exact) mass is 249 g/mol. The average molecular weight is 250 g/mol. The lowest BCUT2D eigenvalue weighted by atomic mass is 10.1. The molecule has 0 saturated carbocycles. The second kappa shape index (κ2) is 4.90. The van der Waals surface area contributed by atoms with Crippen LogP contribution < -0.4 is 5.32 Å². The molecule has 0 spiro atoms. The van der Waals surface area contributed by atoms with E-state index in [4.69, 9.17) is 11.6 Å². The molecule has 3 nitrogen and oxygen atoms in total. The van der Waals surface area contributed by atoms with Gasteiger partial charge in [0.2, 0.25) is 0 Å². The number of hydrogen-bond acceptors (Lipinski definition) is 2. The molecule has 0 aliphatic carbocycles. The second-order valence-corrected chi connectivity index (χ2v) is 4.52. The second-order valence-electron chi connectivity index (χ2n) is 4.11. The molecule has 90 valence electrons. The fourth-order valence-electron chi connectivity index (χ4n) is 1.67. The van der Waals surface area contributed by atoms with E-state index in [2.05, 4.69) is 29.5 Å². The van der Waals surface area contributed by atoms with Gasteiger partial charge < -0.3 is 5.32 Å². The minimum Gasteiger partial charge on any atom is -0.313 e. The van der Waals surface area contributed by atoms with Crippen LogP contribution in [0.4, 0.5) is 0 Å². The van der Waals surface area contributed by atoms with E-state index in [1.165, 1.54) is 5.56 Å². The molecule has 1 heterocycles. The number of hydrogen-bond donors (Lipinski definition) is 1. The Kier molecular flexibility index (Phi) is 3.50. The lowest BCUT2D eigenvalue weighted by Gasteiger charge is -2.11. The summed E-state index contributed by atoms with van der Waals surface area (Å²) in [4.78, 5) is 0. The maximum absolute atomic E-state index is 6.01. The van der Waals surface area contributed by atoms with Gasteiger partial charge in [-0.25, -0.2) is 4.68 Å². The fourth-order valence-corrected chi connectivity index (χ4v) is 1.80. The first-order chi connectivity index (χ1) is 8.11. The molecule has 0 bridgehead atoms. The first-order valence-electron chi connectivity index (χ1n) is 5.61. The Morgan fingerprint density at radius 2 is 2.18 bits per heavy atom. The van der Waals surface area contributed by atoms with Gasteiger partial charge in [0.15, 0.2) is 0 Å². The standard InChI is InChI=1S/C13H16ClN3/c1-9(15-3)11-5-4-6-12(7-11)17-8-13(14)10(2)16-17/h4-9,15H,1-3H3. The summed E-state index contributed by atoms with van der Waals surface area (Å²) < 4.78 is 1.81. The number of rotatable bonds is 3. The van der Waals surface area contributed by atoms with E-state index in [-0.39, 0.29) is 0 Å². The third-order valence-electron chi connectivity index (χ3n) is 2.91. The number of benzene rings is 1. The molecule has 0 radical (unpaired) electrons. The molecule has 1 aromatic heterocycles. The van der Waals surface area contributed by atoms with E-state index in [1.54, 1.807) is 0 Å². The van der Waals surface area contributed by atoms with E-state index >= 15 is 0 Å². The molecule has 0 saturated heterocycles. The average Bonchev–Trinajstić information content (AvgIpc) is 2.69. The van der Waals surface area contributed by atoms with Gasteiger partial charge in [0, 0.05) is 12.2 Å². The first kappa shape index (κ1) is 12.1. The van der Waals surface area contributed by atoms with Crippen molar-refractivity contribution in [1.29, 1.82) is 0 Å². The van der Waals surface area contributed by atoms with Crippen LogP contribution in [0, 0.1) is 6.92 Å². The molecular formula is C13H16ClN3. The van der Waals surface area contributed by atoms with Gasteiger partial charge >= 0.3 is 0 Å². The van der Waals surface area contributed by atoms with Crippen molar-refractivity contribution in [2.75, 3.05) is 7.05 Å². The Bertz CT molecular complexity index is 500. The molecule has 4 heteroatoms. The number of aryl methyl sites for hydroxylation is 1. The Morgan fingerprint density at radius 3 is 2.76 bits per heavy atom. The van der Waals surface area contributed by atoms with Crippen LogP contribution >= 0.6 is 11.6 Å². The molecule has 0 amide bonds.